The van der Waals surface area contributed by atoms with E-state index in [1.807, 2.05) is 5.38 Å². The number of thiophene rings is 1. The number of rotatable bonds is 4. The molecular formula is C16H12FN3O3S. The molecule has 0 spiro atoms. The monoisotopic (exact) mass is 345 g/mol. The number of carbonyl (C=O) groups excluding carboxylic acids is 1. The van der Waals surface area contributed by atoms with Gasteiger partial charge in [-0.1, -0.05) is 18.2 Å². The van der Waals surface area contributed by atoms with Crippen LogP contribution in [0.3, 0.4) is 0 Å². The zero-order valence-electron chi connectivity index (χ0n) is 12.3. The fraction of sp³-hybridized carbons (Fsp3) is 0.0625. The smallest absolute Gasteiger partial charge is 0.319 e. The van der Waals surface area contributed by atoms with Gasteiger partial charge < -0.3 is 10.3 Å². The molecule has 0 atom stereocenters. The van der Waals surface area contributed by atoms with Crippen LogP contribution in [0, 0.1) is 5.82 Å². The Morgan fingerprint density at radius 2 is 2.00 bits per heavy atom. The van der Waals surface area contributed by atoms with Crippen molar-refractivity contribution in [3.8, 4) is 0 Å². The number of aromatic nitrogens is 2. The second-order valence-electron chi connectivity index (χ2n) is 4.91. The molecule has 8 heteroatoms. The molecule has 3 rings (SSSR count). The normalized spacial score (nSPS) is 10.5. The van der Waals surface area contributed by atoms with Crippen molar-refractivity contribution in [3.05, 3.63) is 85.1 Å². The van der Waals surface area contributed by atoms with Gasteiger partial charge in [0.2, 0.25) is 0 Å². The first-order chi connectivity index (χ1) is 11.6. The summed E-state index contributed by atoms with van der Waals surface area (Å²) in [6.07, 6.45) is 1.03. The largest absolute Gasteiger partial charge is 0.328 e. The maximum Gasteiger partial charge on any atom is 0.328 e. The molecule has 0 saturated carbocycles. The summed E-state index contributed by atoms with van der Waals surface area (Å²) in [5.74, 6) is -1.41. The van der Waals surface area contributed by atoms with Crippen LogP contribution in [0.5, 0.6) is 0 Å². The van der Waals surface area contributed by atoms with E-state index in [-0.39, 0.29) is 17.8 Å². The molecule has 0 aliphatic rings. The molecule has 0 unspecified atom stereocenters. The van der Waals surface area contributed by atoms with E-state index in [1.165, 1.54) is 29.5 Å². The van der Waals surface area contributed by atoms with Gasteiger partial charge in [-0.3, -0.25) is 14.2 Å². The summed E-state index contributed by atoms with van der Waals surface area (Å²) in [5.41, 5.74) is -1.66. The summed E-state index contributed by atoms with van der Waals surface area (Å²) in [7, 11) is 0. The van der Waals surface area contributed by atoms with Crippen LogP contribution in [-0.2, 0) is 6.54 Å². The van der Waals surface area contributed by atoms with E-state index >= 15 is 0 Å². The molecule has 2 aromatic heterocycles. The maximum absolute atomic E-state index is 13.6. The lowest BCUT2D eigenvalue weighted by Crippen LogP contribution is -2.39. The lowest BCUT2D eigenvalue weighted by molar-refractivity contribution is 0.102. The fourth-order valence-electron chi connectivity index (χ4n) is 2.13. The van der Waals surface area contributed by atoms with E-state index in [9.17, 15) is 18.8 Å². The van der Waals surface area contributed by atoms with Crippen LogP contribution in [0.2, 0.25) is 0 Å². The highest BCUT2D eigenvalue weighted by atomic mass is 32.1. The van der Waals surface area contributed by atoms with Gasteiger partial charge in [-0.05, 0) is 23.6 Å². The molecule has 0 aliphatic heterocycles. The molecular weight excluding hydrogens is 333 g/mol. The van der Waals surface area contributed by atoms with Gasteiger partial charge in [0.15, 0.2) is 0 Å². The van der Waals surface area contributed by atoms with Crippen molar-refractivity contribution in [3.63, 3.8) is 0 Å². The molecule has 2 heterocycles. The highest BCUT2D eigenvalue weighted by molar-refractivity contribution is 7.09. The molecule has 1 amide bonds. The average molecular weight is 345 g/mol. The molecule has 0 fully saturated rings. The van der Waals surface area contributed by atoms with Crippen molar-refractivity contribution in [2.75, 3.05) is 5.32 Å². The number of halogens is 1. The average Bonchev–Trinajstić information content (AvgIpc) is 3.06. The molecule has 0 bridgehead atoms. The van der Waals surface area contributed by atoms with Gasteiger partial charge >= 0.3 is 5.69 Å². The van der Waals surface area contributed by atoms with Gasteiger partial charge in [0.1, 0.15) is 11.4 Å². The minimum Gasteiger partial charge on any atom is -0.319 e. The minimum absolute atomic E-state index is 0.0436. The summed E-state index contributed by atoms with van der Waals surface area (Å²) in [6, 6.07) is 9.19. The highest BCUT2D eigenvalue weighted by Gasteiger charge is 2.16. The van der Waals surface area contributed by atoms with Crippen molar-refractivity contribution >= 4 is 22.9 Å². The van der Waals surface area contributed by atoms with Crippen LogP contribution in [0.15, 0.2) is 57.6 Å². The number of para-hydroxylation sites is 1. The lowest BCUT2D eigenvalue weighted by atomic mass is 10.2. The van der Waals surface area contributed by atoms with Gasteiger partial charge in [0, 0.05) is 11.1 Å². The first kappa shape index (κ1) is 15.9. The van der Waals surface area contributed by atoms with Gasteiger partial charge in [-0.2, -0.15) is 0 Å². The standard InChI is InChI=1S/C16H12FN3O3S/c17-12-5-1-2-6-13(12)19-14(21)11-8-18-16(23)20(15(11)22)9-10-4-3-7-24-10/h1-8H,9H2,(H,18,23)(H,19,21). The Hall–Kier alpha value is -3.00. The number of nitrogens with zero attached hydrogens (tertiary/aromatic N) is 1. The van der Waals surface area contributed by atoms with Crippen molar-refractivity contribution in [2.45, 2.75) is 6.54 Å². The number of hydrogen-bond donors (Lipinski definition) is 2. The highest BCUT2D eigenvalue weighted by Crippen LogP contribution is 2.13. The molecule has 0 saturated heterocycles. The SMILES string of the molecule is O=C(Nc1ccccc1F)c1c[nH]c(=O)n(Cc2cccs2)c1=O. The zero-order valence-corrected chi connectivity index (χ0v) is 13.1. The third-order valence-electron chi connectivity index (χ3n) is 3.32. The zero-order chi connectivity index (χ0) is 17.1. The number of nitrogens with one attached hydrogen (secondary N) is 2. The second kappa shape index (κ2) is 6.63. The van der Waals surface area contributed by atoms with Crippen LogP contribution in [0.25, 0.3) is 0 Å². The van der Waals surface area contributed by atoms with Crippen LogP contribution in [0.4, 0.5) is 10.1 Å². The molecule has 3 aromatic rings. The van der Waals surface area contributed by atoms with Crippen LogP contribution in [-0.4, -0.2) is 15.5 Å². The first-order valence-corrected chi connectivity index (χ1v) is 7.85. The summed E-state index contributed by atoms with van der Waals surface area (Å²) in [6.45, 7) is 0.0622. The number of benzene rings is 1. The lowest BCUT2D eigenvalue weighted by Gasteiger charge is -2.08. The molecule has 0 aliphatic carbocycles. The van der Waals surface area contributed by atoms with E-state index in [0.29, 0.717) is 0 Å². The Balaban J connectivity index is 1.94. The van der Waals surface area contributed by atoms with Gasteiger partial charge in [0.25, 0.3) is 11.5 Å². The van der Waals surface area contributed by atoms with Gasteiger partial charge in [0.05, 0.1) is 12.2 Å². The molecule has 1 aromatic carbocycles. The molecule has 122 valence electrons. The number of amides is 1. The van der Waals surface area contributed by atoms with Crippen molar-refractivity contribution < 1.29 is 9.18 Å². The summed E-state index contributed by atoms with van der Waals surface area (Å²) in [5, 5.41) is 4.15. The number of H-pyrrole nitrogens is 1. The summed E-state index contributed by atoms with van der Waals surface area (Å²) in [4.78, 5) is 39.7. The van der Waals surface area contributed by atoms with E-state index in [4.69, 9.17) is 0 Å². The van der Waals surface area contributed by atoms with Gasteiger partial charge in [-0.25, -0.2) is 9.18 Å². The molecule has 24 heavy (non-hydrogen) atoms. The van der Waals surface area contributed by atoms with Crippen LogP contribution < -0.4 is 16.6 Å². The molecule has 2 N–H and O–H groups in total. The van der Waals surface area contributed by atoms with Crippen LogP contribution >= 0.6 is 11.3 Å². The topological polar surface area (TPSA) is 84.0 Å². The minimum atomic E-state index is -0.790. The fourth-order valence-corrected chi connectivity index (χ4v) is 2.82. The summed E-state index contributed by atoms with van der Waals surface area (Å²) >= 11 is 1.39. The van der Waals surface area contributed by atoms with E-state index in [1.54, 1.807) is 18.2 Å². The third kappa shape index (κ3) is 3.18. The van der Waals surface area contributed by atoms with Gasteiger partial charge in [-0.15, -0.1) is 11.3 Å². The summed E-state index contributed by atoms with van der Waals surface area (Å²) < 4.78 is 14.5. The predicted octanol–water partition coefficient (Wildman–Crippen LogP) is 2.04. The van der Waals surface area contributed by atoms with Crippen molar-refractivity contribution in [2.24, 2.45) is 0 Å². The number of anilines is 1. The van der Waals surface area contributed by atoms with E-state index in [0.717, 1.165) is 15.6 Å². The quantitative estimate of drug-likeness (QED) is 0.759. The van der Waals surface area contributed by atoms with E-state index < -0.39 is 23.0 Å². The molecule has 0 radical (unpaired) electrons. The Labute approximate surface area is 139 Å². The Morgan fingerprint density at radius 3 is 2.71 bits per heavy atom. The predicted molar refractivity (Wildman–Crippen MR) is 89.1 cm³/mol. The Kier molecular flexibility index (Phi) is 4.39. The van der Waals surface area contributed by atoms with Crippen LogP contribution in [0.1, 0.15) is 15.2 Å². The molecule has 6 nitrogen and oxygen atoms in total. The maximum atomic E-state index is 13.6. The van der Waals surface area contributed by atoms with Crippen molar-refractivity contribution in [1.82, 2.24) is 9.55 Å². The van der Waals surface area contributed by atoms with Crippen molar-refractivity contribution in [1.29, 1.82) is 0 Å². The second-order valence-corrected chi connectivity index (χ2v) is 5.94. The number of aromatic amines is 1. The third-order valence-corrected chi connectivity index (χ3v) is 4.18. The Bertz CT molecular complexity index is 992. The first-order valence-electron chi connectivity index (χ1n) is 6.97. The number of hydrogen-bond acceptors (Lipinski definition) is 4. The number of carbonyl (C=O) groups is 1. The Morgan fingerprint density at radius 1 is 1.21 bits per heavy atom. The van der Waals surface area contributed by atoms with E-state index in [2.05, 4.69) is 10.3 Å².